The second-order valence-electron chi connectivity index (χ2n) is 3.86. The number of hydrogen-bond acceptors (Lipinski definition) is 2. The van der Waals surface area contributed by atoms with Crippen molar-refractivity contribution in [3.63, 3.8) is 0 Å². The summed E-state index contributed by atoms with van der Waals surface area (Å²) in [5.74, 6) is -2.34. The molecule has 1 aromatic carbocycles. The van der Waals surface area contributed by atoms with E-state index in [2.05, 4.69) is 9.72 Å². The number of carbonyl (C=O) groups excluding carboxylic acids is 1. The SMILES string of the molecule is COC(=O)c1[nH]c(-c2ccc(F)c(F)c2)cc1C. The van der Waals surface area contributed by atoms with Crippen molar-refractivity contribution in [2.75, 3.05) is 7.11 Å². The lowest BCUT2D eigenvalue weighted by Gasteiger charge is -1.99. The Bertz CT molecular complexity index is 605. The maximum absolute atomic E-state index is 13.1. The van der Waals surface area contributed by atoms with Gasteiger partial charge in [0.15, 0.2) is 11.6 Å². The van der Waals surface area contributed by atoms with Crippen LogP contribution < -0.4 is 0 Å². The number of rotatable bonds is 2. The van der Waals surface area contributed by atoms with E-state index in [0.29, 0.717) is 22.5 Å². The van der Waals surface area contributed by atoms with Crippen LogP contribution in [0.2, 0.25) is 0 Å². The quantitative estimate of drug-likeness (QED) is 0.833. The van der Waals surface area contributed by atoms with Gasteiger partial charge in [-0.05, 0) is 36.8 Å². The molecular formula is C13H11F2NO2. The molecule has 0 unspecified atom stereocenters. The van der Waals surface area contributed by atoms with Gasteiger partial charge in [0.05, 0.1) is 7.11 Å². The Morgan fingerprint density at radius 1 is 1.22 bits per heavy atom. The van der Waals surface area contributed by atoms with Gasteiger partial charge in [-0.2, -0.15) is 0 Å². The predicted octanol–water partition coefficient (Wildman–Crippen LogP) is 3.05. The molecule has 0 bridgehead atoms. The van der Waals surface area contributed by atoms with E-state index < -0.39 is 17.6 Å². The van der Waals surface area contributed by atoms with Crippen LogP contribution in [0.3, 0.4) is 0 Å². The van der Waals surface area contributed by atoms with Gasteiger partial charge >= 0.3 is 5.97 Å². The topological polar surface area (TPSA) is 42.1 Å². The summed E-state index contributed by atoms with van der Waals surface area (Å²) in [6, 6.07) is 5.23. The number of ether oxygens (including phenoxy) is 1. The fourth-order valence-electron chi connectivity index (χ4n) is 1.69. The fraction of sp³-hybridized carbons (Fsp3) is 0.154. The summed E-state index contributed by atoms with van der Waals surface area (Å²) in [4.78, 5) is 14.2. The van der Waals surface area contributed by atoms with Crippen molar-refractivity contribution in [2.45, 2.75) is 6.92 Å². The zero-order valence-corrected chi connectivity index (χ0v) is 9.88. The average Bonchev–Trinajstić information content (AvgIpc) is 2.74. The van der Waals surface area contributed by atoms with Crippen LogP contribution in [0.5, 0.6) is 0 Å². The first kappa shape index (κ1) is 12.3. The first-order valence-corrected chi connectivity index (χ1v) is 5.26. The molecule has 1 N–H and O–H groups in total. The first-order chi connectivity index (χ1) is 8.52. The van der Waals surface area contributed by atoms with Gasteiger partial charge in [-0.1, -0.05) is 0 Å². The van der Waals surface area contributed by atoms with Crippen LogP contribution in [-0.4, -0.2) is 18.1 Å². The molecule has 18 heavy (non-hydrogen) atoms. The Morgan fingerprint density at radius 3 is 2.56 bits per heavy atom. The number of benzene rings is 1. The van der Waals surface area contributed by atoms with Gasteiger partial charge in [-0.3, -0.25) is 0 Å². The fourth-order valence-corrected chi connectivity index (χ4v) is 1.69. The molecule has 0 saturated heterocycles. The number of esters is 1. The number of nitrogens with one attached hydrogen (secondary N) is 1. The zero-order valence-electron chi connectivity index (χ0n) is 9.88. The summed E-state index contributed by atoms with van der Waals surface area (Å²) in [7, 11) is 1.28. The molecule has 0 aliphatic heterocycles. The van der Waals surface area contributed by atoms with Gasteiger partial charge in [0.25, 0.3) is 0 Å². The van der Waals surface area contributed by atoms with Crippen LogP contribution in [-0.2, 0) is 4.74 Å². The largest absolute Gasteiger partial charge is 0.464 e. The molecule has 0 aliphatic rings. The van der Waals surface area contributed by atoms with Crippen LogP contribution in [0.15, 0.2) is 24.3 Å². The smallest absolute Gasteiger partial charge is 0.354 e. The van der Waals surface area contributed by atoms with Crippen molar-refractivity contribution in [1.82, 2.24) is 4.98 Å². The van der Waals surface area contributed by atoms with Crippen molar-refractivity contribution in [2.24, 2.45) is 0 Å². The summed E-state index contributed by atoms with van der Waals surface area (Å²) in [6.45, 7) is 1.73. The molecule has 1 heterocycles. The number of aromatic nitrogens is 1. The molecule has 0 atom stereocenters. The van der Waals surface area contributed by atoms with E-state index >= 15 is 0 Å². The molecule has 1 aromatic heterocycles. The normalized spacial score (nSPS) is 10.4. The lowest BCUT2D eigenvalue weighted by molar-refractivity contribution is 0.0594. The molecule has 3 nitrogen and oxygen atoms in total. The number of aryl methyl sites for hydroxylation is 1. The monoisotopic (exact) mass is 251 g/mol. The Labute approximate surface area is 102 Å². The van der Waals surface area contributed by atoms with E-state index in [9.17, 15) is 13.6 Å². The Kier molecular flexibility index (Phi) is 3.14. The van der Waals surface area contributed by atoms with E-state index in [1.54, 1.807) is 13.0 Å². The first-order valence-electron chi connectivity index (χ1n) is 5.26. The minimum atomic E-state index is -0.931. The lowest BCUT2D eigenvalue weighted by Crippen LogP contribution is -2.03. The maximum atomic E-state index is 13.1. The van der Waals surface area contributed by atoms with E-state index in [-0.39, 0.29) is 0 Å². The van der Waals surface area contributed by atoms with Crippen molar-refractivity contribution in [1.29, 1.82) is 0 Å². The molecular weight excluding hydrogens is 240 g/mol. The molecule has 2 aromatic rings. The van der Waals surface area contributed by atoms with Crippen LogP contribution in [0.1, 0.15) is 16.1 Å². The molecule has 0 aliphatic carbocycles. The molecule has 0 spiro atoms. The standard InChI is InChI=1S/C13H11F2NO2/c1-7-5-11(16-12(7)13(17)18-2)8-3-4-9(14)10(15)6-8/h3-6,16H,1-2H3. The summed E-state index contributed by atoms with van der Waals surface area (Å²) >= 11 is 0. The summed E-state index contributed by atoms with van der Waals surface area (Å²) < 4.78 is 30.5. The van der Waals surface area contributed by atoms with Gasteiger partial charge in [-0.25, -0.2) is 13.6 Å². The molecule has 94 valence electrons. The number of aromatic amines is 1. The molecule has 2 rings (SSSR count). The summed E-state index contributed by atoms with van der Waals surface area (Å²) in [6.07, 6.45) is 0. The van der Waals surface area contributed by atoms with E-state index in [4.69, 9.17) is 0 Å². The molecule has 0 radical (unpaired) electrons. The van der Waals surface area contributed by atoms with Crippen molar-refractivity contribution < 1.29 is 18.3 Å². The maximum Gasteiger partial charge on any atom is 0.354 e. The Balaban J connectivity index is 2.45. The van der Waals surface area contributed by atoms with Gasteiger partial charge in [0.2, 0.25) is 0 Å². The lowest BCUT2D eigenvalue weighted by atomic mass is 10.1. The molecule has 0 saturated carbocycles. The van der Waals surface area contributed by atoms with Crippen LogP contribution in [0.25, 0.3) is 11.3 Å². The van der Waals surface area contributed by atoms with Gasteiger partial charge in [-0.15, -0.1) is 0 Å². The summed E-state index contributed by atoms with van der Waals surface area (Å²) in [5.41, 5.74) is 1.98. The average molecular weight is 251 g/mol. The van der Waals surface area contributed by atoms with E-state index in [0.717, 1.165) is 12.1 Å². The predicted molar refractivity (Wildman–Crippen MR) is 62.2 cm³/mol. The zero-order chi connectivity index (χ0) is 13.3. The third-order valence-corrected chi connectivity index (χ3v) is 2.63. The number of methoxy groups -OCH3 is 1. The number of H-pyrrole nitrogens is 1. The highest BCUT2D eigenvalue weighted by Gasteiger charge is 2.14. The van der Waals surface area contributed by atoms with Gasteiger partial charge in [0, 0.05) is 11.3 Å². The second-order valence-corrected chi connectivity index (χ2v) is 3.86. The van der Waals surface area contributed by atoms with E-state index in [1.807, 2.05) is 0 Å². The molecule has 0 fully saturated rings. The number of hydrogen-bond donors (Lipinski definition) is 1. The number of halogens is 2. The van der Waals surface area contributed by atoms with Crippen LogP contribution in [0.4, 0.5) is 8.78 Å². The third-order valence-electron chi connectivity index (χ3n) is 2.63. The molecule has 5 heteroatoms. The van der Waals surface area contributed by atoms with Crippen molar-refractivity contribution in [3.05, 3.63) is 47.2 Å². The van der Waals surface area contributed by atoms with Crippen LogP contribution in [0, 0.1) is 18.6 Å². The van der Waals surface area contributed by atoms with E-state index in [1.165, 1.54) is 13.2 Å². The minimum absolute atomic E-state index is 0.303. The van der Waals surface area contributed by atoms with Crippen LogP contribution >= 0.6 is 0 Å². The highest BCUT2D eigenvalue weighted by Crippen LogP contribution is 2.23. The molecule has 0 amide bonds. The highest BCUT2D eigenvalue weighted by molar-refractivity contribution is 5.90. The van der Waals surface area contributed by atoms with Gasteiger partial charge in [0.1, 0.15) is 5.69 Å². The summed E-state index contributed by atoms with van der Waals surface area (Å²) in [5, 5.41) is 0. The highest BCUT2D eigenvalue weighted by atomic mass is 19.2. The Morgan fingerprint density at radius 2 is 1.94 bits per heavy atom. The Hall–Kier alpha value is -2.17. The number of carbonyl (C=O) groups is 1. The van der Waals surface area contributed by atoms with Crippen molar-refractivity contribution in [3.8, 4) is 11.3 Å². The van der Waals surface area contributed by atoms with Gasteiger partial charge < -0.3 is 9.72 Å². The minimum Gasteiger partial charge on any atom is -0.464 e. The van der Waals surface area contributed by atoms with Crippen molar-refractivity contribution >= 4 is 5.97 Å². The third kappa shape index (κ3) is 2.11. The second kappa shape index (κ2) is 4.60.